The highest BCUT2D eigenvalue weighted by Crippen LogP contribution is 2.33. The van der Waals surface area contributed by atoms with Gasteiger partial charge in [0.1, 0.15) is 0 Å². The maximum Gasteiger partial charge on any atom is 0.162 e. The highest BCUT2D eigenvalue weighted by Gasteiger charge is 2.29. The van der Waals surface area contributed by atoms with Gasteiger partial charge < -0.3 is 4.52 Å². The van der Waals surface area contributed by atoms with Gasteiger partial charge in [-0.1, -0.05) is 18.5 Å². The average Bonchev–Trinajstić information content (AvgIpc) is 2.74. The smallest absolute Gasteiger partial charge is 0.162 e. The molecule has 98 valence electrons. The Labute approximate surface area is 109 Å². The normalized spacial score (nSPS) is 29.1. The second kappa shape index (κ2) is 4.88. The van der Waals surface area contributed by atoms with E-state index in [9.17, 15) is 0 Å². The first-order chi connectivity index (χ1) is 8.78. The predicted molar refractivity (Wildman–Crippen MR) is 72.4 cm³/mol. The van der Waals surface area contributed by atoms with Crippen LogP contribution in [-0.4, -0.2) is 29.7 Å². The summed E-state index contributed by atoms with van der Waals surface area (Å²) in [5.41, 5.74) is 3.92. The first kappa shape index (κ1) is 12.0. The second-order valence-electron chi connectivity index (χ2n) is 5.64. The molecule has 0 aliphatic carbocycles. The molecule has 0 spiro atoms. The van der Waals surface area contributed by atoms with Crippen LogP contribution in [0.15, 0.2) is 10.1 Å². The number of rotatable bonds is 3. The molecule has 0 saturated carbocycles. The summed E-state index contributed by atoms with van der Waals surface area (Å²) in [5.74, 6) is 1.77. The molecule has 3 aliphatic rings. The van der Waals surface area contributed by atoms with E-state index in [0.29, 0.717) is 0 Å². The van der Waals surface area contributed by atoms with Crippen molar-refractivity contribution in [2.45, 2.75) is 39.5 Å². The van der Waals surface area contributed by atoms with Gasteiger partial charge in [-0.25, -0.2) is 0 Å². The number of fused-ring (bicyclic) bond motifs is 3. The van der Waals surface area contributed by atoms with Crippen LogP contribution in [0.5, 0.6) is 0 Å². The molecule has 2 bridgehead atoms. The molecule has 0 radical (unpaired) electrons. The molecule has 4 rings (SSSR count). The third kappa shape index (κ3) is 2.12. The van der Waals surface area contributed by atoms with E-state index in [4.69, 9.17) is 4.52 Å². The van der Waals surface area contributed by atoms with E-state index < -0.39 is 0 Å². The van der Waals surface area contributed by atoms with Crippen molar-refractivity contribution in [3.63, 3.8) is 0 Å². The lowest BCUT2D eigenvalue weighted by molar-refractivity contribution is 0.163. The molecule has 4 heterocycles. The molecule has 18 heavy (non-hydrogen) atoms. The van der Waals surface area contributed by atoms with Gasteiger partial charge in [0.15, 0.2) is 5.76 Å². The van der Waals surface area contributed by atoms with Gasteiger partial charge >= 0.3 is 0 Å². The minimum Gasteiger partial charge on any atom is -0.356 e. The zero-order valence-corrected chi connectivity index (χ0v) is 11.4. The number of nitrogens with zero attached hydrogens (tertiary/aromatic N) is 2. The fraction of sp³-hybridized carbons (Fsp3) is 0.667. The van der Waals surface area contributed by atoms with Crippen molar-refractivity contribution in [3.8, 4) is 0 Å². The number of aromatic nitrogens is 1. The third-order valence-electron chi connectivity index (χ3n) is 4.38. The number of aryl methyl sites for hydroxylation is 1. The minimum absolute atomic E-state index is 0.786. The molecule has 3 fully saturated rings. The Morgan fingerprint density at radius 3 is 2.78 bits per heavy atom. The van der Waals surface area contributed by atoms with Gasteiger partial charge in [-0.3, -0.25) is 4.90 Å². The largest absolute Gasteiger partial charge is 0.356 e. The summed E-state index contributed by atoms with van der Waals surface area (Å²) < 4.78 is 5.51. The first-order valence-corrected chi connectivity index (χ1v) is 7.16. The van der Waals surface area contributed by atoms with Crippen molar-refractivity contribution < 1.29 is 4.52 Å². The van der Waals surface area contributed by atoms with Crippen LogP contribution in [0.1, 0.15) is 43.2 Å². The predicted octanol–water partition coefficient (Wildman–Crippen LogP) is 3.04. The molecular weight excluding hydrogens is 224 g/mol. The summed E-state index contributed by atoms with van der Waals surface area (Å²) in [6.07, 6.45) is 7.05. The van der Waals surface area contributed by atoms with E-state index in [0.717, 1.165) is 36.8 Å². The zero-order chi connectivity index (χ0) is 12.5. The van der Waals surface area contributed by atoms with E-state index in [-0.39, 0.29) is 0 Å². The maximum absolute atomic E-state index is 5.51. The standard InChI is InChI=1S/C15H22N2O/c1-3-4-14-11(2)15(18-16-14)9-13-10-17-7-5-12(13)6-8-17/h9,12H,3-8,10H2,1-2H3/b13-9+. The molecule has 3 nitrogen and oxygen atoms in total. The SMILES string of the molecule is CCCc1noc(/C=C2\CN3CCC2CC3)c1C. The number of hydrogen-bond acceptors (Lipinski definition) is 3. The van der Waals surface area contributed by atoms with Gasteiger partial charge in [-0.05, 0) is 56.8 Å². The van der Waals surface area contributed by atoms with Gasteiger partial charge in [-0.2, -0.15) is 0 Å². The van der Waals surface area contributed by atoms with Crippen LogP contribution in [0.2, 0.25) is 0 Å². The molecule has 3 aliphatic heterocycles. The molecule has 3 heteroatoms. The van der Waals surface area contributed by atoms with Crippen molar-refractivity contribution in [2.75, 3.05) is 19.6 Å². The zero-order valence-electron chi connectivity index (χ0n) is 11.4. The minimum atomic E-state index is 0.786. The van der Waals surface area contributed by atoms with Crippen molar-refractivity contribution in [1.29, 1.82) is 0 Å². The molecule has 0 N–H and O–H groups in total. The van der Waals surface area contributed by atoms with E-state index >= 15 is 0 Å². The molecule has 0 aromatic carbocycles. The van der Waals surface area contributed by atoms with Crippen molar-refractivity contribution >= 4 is 6.08 Å². The lowest BCUT2D eigenvalue weighted by Crippen LogP contribution is -2.42. The van der Waals surface area contributed by atoms with E-state index in [1.807, 2.05) is 0 Å². The van der Waals surface area contributed by atoms with Gasteiger partial charge in [0.25, 0.3) is 0 Å². The summed E-state index contributed by atoms with van der Waals surface area (Å²) in [6, 6.07) is 0. The van der Waals surface area contributed by atoms with E-state index in [2.05, 4.69) is 30.0 Å². The van der Waals surface area contributed by atoms with Crippen LogP contribution in [0.4, 0.5) is 0 Å². The molecule has 1 aromatic heterocycles. The van der Waals surface area contributed by atoms with Crippen LogP contribution in [-0.2, 0) is 6.42 Å². The Morgan fingerprint density at radius 2 is 2.17 bits per heavy atom. The first-order valence-electron chi connectivity index (χ1n) is 7.16. The third-order valence-corrected chi connectivity index (χ3v) is 4.38. The van der Waals surface area contributed by atoms with Gasteiger partial charge in [0.2, 0.25) is 0 Å². The fourth-order valence-electron chi connectivity index (χ4n) is 3.17. The van der Waals surface area contributed by atoms with Gasteiger partial charge in [-0.15, -0.1) is 0 Å². The average molecular weight is 246 g/mol. The number of piperidine rings is 3. The maximum atomic E-state index is 5.51. The summed E-state index contributed by atoms with van der Waals surface area (Å²) in [5, 5.41) is 4.20. The van der Waals surface area contributed by atoms with Crippen LogP contribution >= 0.6 is 0 Å². The Morgan fingerprint density at radius 1 is 1.39 bits per heavy atom. The fourth-order valence-corrected chi connectivity index (χ4v) is 3.17. The number of hydrogen-bond donors (Lipinski definition) is 0. The summed E-state index contributed by atoms with van der Waals surface area (Å²) in [6.45, 7) is 8.00. The quantitative estimate of drug-likeness (QED) is 0.821. The monoisotopic (exact) mass is 246 g/mol. The van der Waals surface area contributed by atoms with Crippen LogP contribution in [0.25, 0.3) is 6.08 Å². The Bertz CT molecular complexity index is 453. The lowest BCUT2D eigenvalue weighted by Gasteiger charge is -2.40. The molecule has 0 unspecified atom stereocenters. The highest BCUT2D eigenvalue weighted by atomic mass is 16.5. The summed E-state index contributed by atoms with van der Waals surface area (Å²) in [7, 11) is 0. The Kier molecular flexibility index (Phi) is 3.25. The highest BCUT2D eigenvalue weighted by molar-refractivity contribution is 5.53. The van der Waals surface area contributed by atoms with Crippen molar-refractivity contribution in [3.05, 3.63) is 22.6 Å². The van der Waals surface area contributed by atoms with Crippen LogP contribution in [0, 0.1) is 12.8 Å². The van der Waals surface area contributed by atoms with Crippen molar-refractivity contribution in [2.24, 2.45) is 5.92 Å². The molecular formula is C15H22N2O. The molecule has 1 aromatic rings. The summed E-state index contributed by atoms with van der Waals surface area (Å²) in [4.78, 5) is 2.55. The molecule has 0 amide bonds. The Balaban J connectivity index is 1.83. The van der Waals surface area contributed by atoms with Gasteiger partial charge in [0, 0.05) is 12.1 Å². The van der Waals surface area contributed by atoms with Crippen LogP contribution in [0.3, 0.4) is 0 Å². The van der Waals surface area contributed by atoms with E-state index in [1.54, 1.807) is 5.57 Å². The Hall–Kier alpha value is -1.09. The molecule has 3 saturated heterocycles. The second-order valence-corrected chi connectivity index (χ2v) is 5.64. The summed E-state index contributed by atoms with van der Waals surface area (Å²) >= 11 is 0. The van der Waals surface area contributed by atoms with Gasteiger partial charge in [0.05, 0.1) is 5.69 Å². The topological polar surface area (TPSA) is 29.3 Å². The van der Waals surface area contributed by atoms with E-state index in [1.165, 1.54) is 31.5 Å². The lowest BCUT2D eigenvalue weighted by atomic mass is 9.83. The van der Waals surface area contributed by atoms with Crippen LogP contribution < -0.4 is 0 Å². The molecule has 0 atom stereocenters. The van der Waals surface area contributed by atoms with Crippen molar-refractivity contribution in [1.82, 2.24) is 10.1 Å².